The number of halogens is 1. The largest absolute Gasteiger partial charge is 0.490 e. The second kappa shape index (κ2) is 6.63. The van der Waals surface area contributed by atoms with Crippen molar-refractivity contribution in [1.29, 1.82) is 0 Å². The van der Waals surface area contributed by atoms with Gasteiger partial charge in [0.25, 0.3) is 0 Å². The van der Waals surface area contributed by atoms with Crippen LogP contribution in [0.2, 0.25) is 0 Å². The van der Waals surface area contributed by atoms with Crippen molar-refractivity contribution in [1.82, 2.24) is 10.3 Å². The van der Waals surface area contributed by atoms with E-state index >= 15 is 0 Å². The molecule has 0 unspecified atom stereocenters. The van der Waals surface area contributed by atoms with Crippen molar-refractivity contribution in [3.8, 4) is 5.75 Å². The van der Waals surface area contributed by atoms with Gasteiger partial charge in [-0.3, -0.25) is 0 Å². The highest BCUT2D eigenvalue weighted by atomic mass is 32.1. The van der Waals surface area contributed by atoms with E-state index in [9.17, 15) is 4.39 Å². The molecule has 0 bridgehead atoms. The summed E-state index contributed by atoms with van der Waals surface area (Å²) in [5, 5.41) is 3.01. The number of benzene rings is 1. The van der Waals surface area contributed by atoms with Crippen LogP contribution in [0, 0.1) is 12.7 Å². The number of para-hydroxylation sites is 1. The molecular formula is C14H17FN2OS. The number of nitrogens with zero attached hydrogens (tertiary/aromatic N) is 1. The molecule has 1 aromatic heterocycles. The molecule has 3 nitrogen and oxygen atoms in total. The lowest BCUT2D eigenvalue weighted by molar-refractivity contribution is 0.302. The Kier molecular flexibility index (Phi) is 4.87. The second-order valence-electron chi connectivity index (χ2n) is 4.22. The first-order valence-corrected chi connectivity index (χ1v) is 7.04. The SMILES string of the molecule is CNCc1cccc(F)c1OCCc1scnc1C. The molecule has 1 aromatic carbocycles. The zero-order valence-electron chi connectivity index (χ0n) is 11.1. The predicted molar refractivity (Wildman–Crippen MR) is 75.2 cm³/mol. The van der Waals surface area contributed by atoms with E-state index in [-0.39, 0.29) is 5.82 Å². The molecule has 0 aliphatic heterocycles. The quantitative estimate of drug-likeness (QED) is 0.883. The average molecular weight is 280 g/mol. The van der Waals surface area contributed by atoms with Crippen molar-refractivity contribution < 1.29 is 9.13 Å². The van der Waals surface area contributed by atoms with E-state index in [1.165, 1.54) is 10.9 Å². The van der Waals surface area contributed by atoms with Crippen LogP contribution in [0.1, 0.15) is 16.1 Å². The van der Waals surface area contributed by atoms with Gasteiger partial charge >= 0.3 is 0 Å². The van der Waals surface area contributed by atoms with Crippen LogP contribution in [-0.4, -0.2) is 18.6 Å². The highest BCUT2D eigenvalue weighted by molar-refractivity contribution is 7.09. The van der Waals surface area contributed by atoms with Gasteiger partial charge in [0.15, 0.2) is 11.6 Å². The van der Waals surface area contributed by atoms with Crippen LogP contribution in [0.25, 0.3) is 0 Å². The minimum atomic E-state index is -0.311. The summed E-state index contributed by atoms with van der Waals surface area (Å²) in [5.41, 5.74) is 3.68. The zero-order valence-corrected chi connectivity index (χ0v) is 11.9. The molecule has 1 N–H and O–H groups in total. The van der Waals surface area contributed by atoms with Crippen molar-refractivity contribution in [2.45, 2.75) is 19.9 Å². The van der Waals surface area contributed by atoms with E-state index in [4.69, 9.17) is 4.74 Å². The van der Waals surface area contributed by atoms with Crippen molar-refractivity contribution in [3.05, 3.63) is 45.7 Å². The summed E-state index contributed by atoms with van der Waals surface area (Å²) in [5.74, 6) is 0.0350. The first-order valence-electron chi connectivity index (χ1n) is 6.16. The maximum atomic E-state index is 13.8. The van der Waals surface area contributed by atoms with Gasteiger partial charge in [0.1, 0.15) is 0 Å². The Morgan fingerprint density at radius 2 is 2.26 bits per heavy atom. The van der Waals surface area contributed by atoms with E-state index < -0.39 is 0 Å². The number of rotatable bonds is 6. The van der Waals surface area contributed by atoms with Gasteiger partial charge in [-0.15, -0.1) is 11.3 Å². The van der Waals surface area contributed by atoms with Gasteiger partial charge in [0, 0.05) is 23.4 Å². The molecule has 0 saturated carbocycles. The first-order chi connectivity index (χ1) is 9.22. The lowest BCUT2D eigenvalue weighted by atomic mass is 10.2. The maximum Gasteiger partial charge on any atom is 0.165 e. The van der Waals surface area contributed by atoms with E-state index in [0.717, 1.165) is 17.7 Å². The number of nitrogens with one attached hydrogen (secondary N) is 1. The minimum Gasteiger partial charge on any atom is -0.490 e. The van der Waals surface area contributed by atoms with Crippen molar-refractivity contribution in [2.24, 2.45) is 0 Å². The third-order valence-electron chi connectivity index (χ3n) is 2.84. The van der Waals surface area contributed by atoms with E-state index in [2.05, 4.69) is 10.3 Å². The average Bonchev–Trinajstić information content (AvgIpc) is 2.79. The summed E-state index contributed by atoms with van der Waals surface area (Å²) in [6.45, 7) is 3.02. The molecule has 0 atom stereocenters. The maximum absolute atomic E-state index is 13.8. The number of aromatic nitrogens is 1. The zero-order chi connectivity index (χ0) is 13.7. The van der Waals surface area contributed by atoms with Gasteiger partial charge in [-0.1, -0.05) is 12.1 Å². The molecule has 2 rings (SSSR count). The van der Waals surface area contributed by atoms with Crippen molar-refractivity contribution in [2.75, 3.05) is 13.7 Å². The van der Waals surface area contributed by atoms with Crippen LogP contribution in [0.15, 0.2) is 23.7 Å². The topological polar surface area (TPSA) is 34.1 Å². The fourth-order valence-corrected chi connectivity index (χ4v) is 2.62. The highest BCUT2D eigenvalue weighted by Gasteiger charge is 2.10. The van der Waals surface area contributed by atoms with Gasteiger partial charge in [-0.25, -0.2) is 9.37 Å². The third kappa shape index (κ3) is 3.52. The monoisotopic (exact) mass is 280 g/mol. The molecule has 5 heteroatoms. The Labute approximate surface area is 116 Å². The van der Waals surface area contributed by atoms with Gasteiger partial charge in [0.05, 0.1) is 17.8 Å². The third-order valence-corrected chi connectivity index (χ3v) is 3.83. The minimum absolute atomic E-state index is 0.311. The summed E-state index contributed by atoms with van der Waals surface area (Å²) >= 11 is 1.61. The van der Waals surface area contributed by atoms with E-state index in [1.54, 1.807) is 17.4 Å². The van der Waals surface area contributed by atoms with Gasteiger partial charge in [-0.05, 0) is 20.0 Å². The van der Waals surface area contributed by atoms with Crippen LogP contribution in [0.5, 0.6) is 5.75 Å². The molecule has 1 heterocycles. The fourth-order valence-electron chi connectivity index (χ4n) is 1.86. The summed E-state index contributed by atoms with van der Waals surface area (Å²) in [6.07, 6.45) is 0.754. The number of hydrogen-bond acceptors (Lipinski definition) is 4. The summed E-state index contributed by atoms with van der Waals surface area (Å²) < 4.78 is 19.4. The first kappa shape index (κ1) is 14.0. The van der Waals surface area contributed by atoms with Gasteiger partial charge in [-0.2, -0.15) is 0 Å². The highest BCUT2D eigenvalue weighted by Crippen LogP contribution is 2.23. The fraction of sp³-hybridized carbons (Fsp3) is 0.357. The molecule has 0 radical (unpaired) electrons. The van der Waals surface area contributed by atoms with Crippen LogP contribution in [-0.2, 0) is 13.0 Å². The lowest BCUT2D eigenvalue weighted by Gasteiger charge is -2.12. The van der Waals surface area contributed by atoms with Crippen LogP contribution in [0.3, 0.4) is 0 Å². The van der Waals surface area contributed by atoms with Crippen LogP contribution < -0.4 is 10.1 Å². The van der Waals surface area contributed by atoms with E-state index in [0.29, 0.717) is 18.9 Å². The Balaban J connectivity index is 2.01. The molecular weight excluding hydrogens is 263 g/mol. The molecule has 0 aliphatic rings. The Bertz CT molecular complexity index is 542. The predicted octanol–water partition coefficient (Wildman–Crippen LogP) is 2.93. The summed E-state index contributed by atoms with van der Waals surface area (Å²) in [7, 11) is 1.83. The molecule has 19 heavy (non-hydrogen) atoms. The molecule has 0 spiro atoms. The van der Waals surface area contributed by atoms with Crippen molar-refractivity contribution >= 4 is 11.3 Å². The van der Waals surface area contributed by atoms with Crippen LogP contribution in [0.4, 0.5) is 4.39 Å². The standard InChI is InChI=1S/C14H17FN2OS/c1-10-13(19-9-17-10)6-7-18-14-11(8-16-2)4-3-5-12(14)15/h3-5,9,16H,6-8H2,1-2H3. The number of aryl methyl sites for hydroxylation is 1. The Morgan fingerprint density at radius 3 is 2.95 bits per heavy atom. The van der Waals surface area contributed by atoms with Crippen molar-refractivity contribution in [3.63, 3.8) is 0 Å². The number of hydrogen-bond donors (Lipinski definition) is 1. The summed E-state index contributed by atoms with van der Waals surface area (Å²) in [6, 6.07) is 4.99. The van der Waals surface area contributed by atoms with Gasteiger partial charge in [0.2, 0.25) is 0 Å². The Hall–Kier alpha value is -1.46. The molecule has 0 fully saturated rings. The lowest BCUT2D eigenvalue weighted by Crippen LogP contribution is -2.10. The molecule has 0 saturated heterocycles. The van der Waals surface area contributed by atoms with Crippen LogP contribution >= 0.6 is 11.3 Å². The molecule has 0 amide bonds. The number of thiazole rings is 1. The summed E-state index contributed by atoms with van der Waals surface area (Å²) in [4.78, 5) is 5.37. The normalized spacial score (nSPS) is 10.7. The Morgan fingerprint density at radius 1 is 1.42 bits per heavy atom. The molecule has 0 aliphatic carbocycles. The van der Waals surface area contributed by atoms with E-state index in [1.807, 2.05) is 25.5 Å². The second-order valence-corrected chi connectivity index (χ2v) is 5.16. The smallest absolute Gasteiger partial charge is 0.165 e. The molecule has 102 valence electrons. The molecule has 2 aromatic rings. The number of ether oxygens (including phenoxy) is 1. The van der Waals surface area contributed by atoms with Gasteiger partial charge < -0.3 is 10.1 Å².